The van der Waals surface area contributed by atoms with Crippen molar-refractivity contribution in [2.24, 2.45) is 29.4 Å². The molecule has 2 rings (SSSR count). The van der Waals surface area contributed by atoms with Crippen LogP contribution in [0.25, 0.3) is 0 Å². The van der Waals surface area contributed by atoms with Gasteiger partial charge in [-0.3, -0.25) is 14.4 Å². The molecule has 2 amide bonds. The third-order valence-corrected chi connectivity index (χ3v) is 4.85. The molecule has 0 radical (unpaired) electrons. The number of primary amides is 1. The van der Waals surface area contributed by atoms with Gasteiger partial charge in [-0.25, -0.2) is 0 Å². The van der Waals surface area contributed by atoms with E-state index >= 15 is 0 Å². The minimum absolute atomic E-state index is 0.0238. The Morgan fingerprint density at radius 2 is 1.71 bits per heavy atom. The largest absolute Gasteiger partial charge is 0.481 e. The van der Waals surface area contributed by atoms with Crippen LogP contribution in [0.1, 0.15) is 39.0 Å². The Bertz CT molecular complexity index is 429. The molecule has 118 valence electrons. The Hall–Kier alpha value is -1.59. The van der Waals surface area contributed by atoms with Crippen LogP contribution in [0.5, 0.6) is 0 Å². The number of rotatable bonds is 4. The predicted molar refractivity (Wildman–Crippen MR) is 76.1 cm³/mol. The van der Waals surface area contributed by atoms with E-state index in [9.17, 15) is 19.5 Å². The van der Waals surface area contributed by atoms with Gasteiger partial charge in [0.05, 0.1) is 11.8 Å². The van der Waals surface area contributed by atoms with E-state index < -0.39 is 11.9 Å². The van der Waals surface area contributed by atoms with Gasteiger partial charge in [0.15, 0.2) is 0 Å². The second-order valence-electron chi connectivity index (χ2n) is 6.57. The van der Waals surface area contributed by atoms with Crippen LogP contribution in [0.4, 0.5) is 0 Å². The first-order chi connectivity index (χ1) is 9.88. The van der Waals surface area contributed by atoms with Gasteiger partial charge in [0.25, 0.3) is 0 Å². The molecule has 0 aromatic carbocycles. The highest BCUT2D eigenvalue weighted by Crippen LogP contribution is 2.38. The van der Waals surface area contributed by atoms with Crippen molar-refractivity contribution in [1.29, 1.82) is 0 Å². The number of carbonyl (C=O) groups is 3. The van der Waals surface area contributed by atoms with E-state index in [-0.39, 0.29) is 29.6 Å². The molecule has 1 aliphatic heterocycles. The molecular weight excluding hydrogens is 272 g/mol. The van der Waals surface area contributed by atoms with Crippen LogP contribution < -0.4 is 5.73 Å². The summed E-state index contributed by atoms with van der Waals surface area (Å²) < 4.78 is 0. The number of amides is 2. The zero-order valence-electron chi connectivity index (χ0n) is 12.5. The average molecular weight is 296 g/mol. The van der Waals surface area contributed by atoms with Crippen molar-refractivity contribution >= 4 is 17.8 Å². The summed E-state index contributed by atoms with van der Waals surface area (Å²) in [6.45, 7) is 3.21. The van der Waals surface area contributed by atoms with Gasteiger partial charge in [0, 0.05) is 19.5 Å². The van der Waals surface area contributed by atoms with Crippen LogP contribution >= 0.6 is 0 Å². The number of carboxylic acid groups (broad SMARTS) is 1. The van der Waals surface area contributed by atoms with E-state index in [2.05, 4.69) is 0 Å². The number of hydrogen-bond acceptors (Lipinski definition) is 3. The summed E-state index contributed by atoms with van der Waals surface area (Å²) in [5.41, 5.74) is 5.20. The maximum Gasteiger partial charge on any atom is 0.307 e. The number of likely N-dealkylation sites (tertiary alicyclic amines) is 1. The van der Waals surface area contributed by atoms with Gasteiger partial charge < -0.3 is 15.7 Å². The fourth-order valence-corrected chi connectivity index (χ4v) is 3.71. The summed E-state index contributed by atoms with van der Waals surface area (Å²) in [5, 5.41) is 9.27. The zero-order valence-corrected chi connectivity index (χ0v) is 12.5. The van der Waals surface area contributed by atoms with Crippen molar-refractivity contribution in [2.75, 3.05) is 13.1 Å². The lowest BCUT2D eigenvalue weighted by molar-refractivity contribution is -0.149. The number of carboxylic acids is 1. The Morgan fingerprint density at radius 3 is 2.24 bits per heavy atom. The zero-order chi connectivity index (χ0) is 15.6. The highest BCUT2D eigenvalue weighted by atomic mass is 16.4. The lowest BCUT2D eigenvalue weighted by Gasteiger charge is -2.34. The minimum Gasteiger partial charge on any atom is -0.481 e. The summed E-state index contributed by atoms with van der Waals surface area (Å²) in [5.74, 6) is -1.57. The first-order valence-electron chi connectivity index (χ1n) is 7.68. The van der Waals surface area contributed by atoms with Gasteiger partial charge in [-0.15, -0.1) is 0 Å². The molecule has 0 spiro atoms. The number of nitrogens with zero attached hydrogens (tertiary/aromatic N) is 1. The molecule has 1 heterocycles. The first-order valence-corrected chi connectivity index (χ1v) is 7.68. The molecule has 1 saturated carbocycles. The molecule has 6 nitrogen and oxygen atoms in total. The Morgan fingerprint density at radius 1 is 1.14 bits per heavy atom. The van der Waals surface area contributed by atoms with E-state index in [4.69, 9.17) is 5.73 Å². The molecule has 1 saturated heterocycles. The molecule has 6 heteroatoms. The van der Waals surface area contributed by atoms with E-state index in [1.165, 1.54) is 0 Å². The summed E-state index contributed by atoms with van der Waals surface area (Å²) >= 11 is 0. The molecule has 0 aromatic rings. The first kappa shape index (κ1) is 15.8. The van der Waals surface area contributed by atoms with E-state index in [1.54, 1.807) is 4.90 Å². The number of nitrogens with two attached hydrogens (primary N) is 1. The van der Waals surface area contributed by atoms with Crippen molar-refractivity contribution < 1.29 is 19.5 Å². The second-order valence-corrected chi connectivity index (χ2v) is 6.57. The molecule has 3 atom stereocenters. The Balaban J connectivity index is 1.92. The van der Waals surface area contributed by atoms with Gasteiger partial charge >= 0.3 is 5.97 Å². The molecule has 1 aliphatic carbocycles. The third-order valence-electron chi connectivity index (χ3n) is 4.85. The average Bonchev–Trinajstić information content (AvgIpc) is 2.80. The lowest BCUT2D eigenvalue weighted by Crippen LogP contribution is -2.44. The predicted octanol–water partition coefficient (Wildman–Crippen LogP) is 0.847. The summed E-state index contributed by atoms with van der Waals surface area (Å²) in [7, 11) is 0. The van der Waals surface area contributed by atoms with Gasteiger partial charge in [-0.2, -0.15) is 0 Å². The summed E-state index contributed by atoms with van der Waals surface area (Å²) in [6.07, 6.45) is 3.17. The minimum atomic E-state index is -0.860. The van der Waals surface area contributed by atoms with Crippen LogP contribution in [-0.4, -0.2) is 40.9 Å². The molecule has 0 bridgehead atoms. The van der Waals surface area contributed by atoms with Crippen LogP contribution in [0, 0.1) is 23.7 Å². The second kappa shape index (κ2) is 6.45. The normalized spacial score (nSPS) is 30.3. The van der Waals surface area contributed by atoms with Crippen molar-refractivity contribution in [1.82, 2.24) is 4.90 Å². The quantitative estimate of drug-likeness (QED) is 0.803. The molecule has 1 unspecified atom stereocenters. The highest BCUT2D eigenvalue weighted by Gasteiger charge is 2.43. The number of aliphatic carboxylic acids is 1. The summed E-state index contributed by atoms with van der Waals surface area (Å²) in [6, 6.07) is 0. The van der Waals surface area contributed by atoms with Crippen LogP contribution in [0.2, 0.25) is 0 Å². The smallest absolute Gasteiger partial charge is 0.307 e. The van der Waals surface area contributed by atoms with Crippen LogP contribution in [-0.2, 0) is 14.4 Å². The Kier molecular flexibility index (Phi) is 4.85. The van der Waals surface area contributed by atoms with Crippen molar-refractivity contribution in [3.05, 3.63) is 0 Å². The fourth-order valence-electron chi connectivity index (χ4n) is 3.71. The molecular formula is C15H24N2O4. The monoisotopic (exact) mass is 296 g/mol. The van der Waals surface area contributed by atoms with Gasteiger partial charge in [0.2, 0.25) is 11.8 Å². The van der Waals surface area contributed by atoms with Crippen molar-refractivity contribution in [3.63, 3.8) is 0 Å². The Labute approximate surface area is 124 Å². The third kappa shape index (κ3) is 3.74. The number of hydrogen-bond donors (Lipinski definition) is 2. The topological polar surface area (TPSA) is 101 Å². The van der Waals surface area contributed by atoms with Crippen LogP contribution in [0.15, 0.2) is 0 Å². The van der Waals surface area contributed by atoms with Crippen molar-refractivity contribution in [3.8, 4) is 0 Å². The van der Waals surface area contributed by atoms with E-state index in [0.717, 1.165) is 12.8 Å². The molecule has 2 fully saturated rings. The van der Waals surface area contributed by atoms with Gasteiger partial charge in [-0.05, 0) is 37.5 Å². The standard InChI is InChI=1S/C15H24N2O4/c1-9-6-11(12(7-9)15(20)21)14(19)17-4-2-10(3-5-17)8-13(16)18/h9-12H,2-8H2,1H3,(H2,16,18)(H,20,21)/t9?,11-,12+/m0/s1. The van der Waals surface area contributed by atoms with Gasteiger partial charge in [0.1, 0.15) is 0 Å². The van der Waals surface area contributed by atoms with E-state index in [0.29, 0.717) is 32.4 Å². The molecule has 2 aliphatic rings. The summed E-state index contributed by atoms with van der Waals surface area (Å²) in [4.78, 5) is 36.6. The maximum atomic E-state index is 12.6. The molecule has 3 N–H and O–H groups in total. The molecule has 0 aromatic heterocycles. The molecule has 21 heavy (non-hydrogen) atoms. The van der Waals surface area contributed by atoms with Crippen molar-refractivity contribution in [2.45, 2.75) is 39.0 Å². The lowest BCUT2D eigenvalue weighted by atomic mass is 9.90. The van der Waals surface area contributed by atoms with E-state index in [1.807, 2.05) is 6.92 Å². The highest BCUT2D eigenvalue weighted by molar-refractivity contribution is 5.85. The van der Waals surface area contributed by atoms with Crippen LogP contribution in [0.3, 0.4) is 0 Å². The fraction of sp³-hybridized carbons (Fsp3) is 0.800. The maximum absolute atomic E-state index is 12.6. The number of piperidine rings is 1. The SMILES string of the molecule is CC1C[C@H](C(=O)N2CCC(CC(N)=O)CC2)[C@H](C(=O)O)C1. The number of carbonyl (C=O) groups excluding carboxylic acids is 2. The van der Waals surface area contributed by atoms with Gasteiger partial charge in [-0.1, -0.05) is 6.92 Å².